The highest BCUT2D eigenvalue weighted by Crippen LogP contribution is 2.23. The molecule has 3 N–H and O–H groups in total. The van der Waals surface area contributed by atoms with Gasteiger partial charge in [-0.1, -0.05) is 36.4 Å². The molecule has 0 radical (unpaired) electrons. The highest BCUT2D eigenvalue weighted by Gasteiger charge is 2.05. The van der Waals surface area contributed by atoms with Gasteiger partial charge in [0.2, 0.25) is 0 Å². The van der Waals surface area contributed by atoms with Crippen LogP contribution in [-0.4, -0.2) is 8.42 Å². The predicted molar refractivity (Wildman–Crippen MR) is 60.7 cm³/mol. The standard InChI is InChI=1S/C10H10N2O2S/c11-15(13,14)12-10-7-3-5-8-4-1-2-6-9(8)10/h1-7,12H,(H2,11,13,14). The van der Waals surface area contributed by atoms with Gasteiger partial charge in [-0.3, -0.25) is 4.72 Å². The summed E-state index contributed by atoms with van der Waals surface area (Å²) in [5.41, 5.74) is 0.496. The first-order valence-corrected chi connectivity index (χ1v) is 5.89. The maximum Gasteiger partial charge on any atom is 0.296 e. The summed E-state index contributed by atoms with van der Waals surface area (Å²) in [6, 6.07) is 12.8. The van der Waals surface area contributed by atoms with Crippen molar-refractivity contribution in [3.63, 3.8) is 0 Å². The van der Waals surface area contributed by atoms with Crippen LogP contribution in [0, 0.1) is 0 Å². The first kappa shape index (κ1) is 9.95. The average molecular weight is 222 g/mol. The molecular formula is C10H10N2O2S. The van der Waals surface area contributed by atoms with Gasteiger partial charge in [-0.05, 0) is 11.5 Å². The number of hydrogen-bond acceptors (Lipinski definition) is 2. The van der Waals surface area contributed by atoms with E-state index in [0.29, 0.717) is 5.69 Å². The van der Waals surface area contributed by atoms with Crippen molar-refractivity contribution < 1.29 is 8.42 Å². The van der Waals surface area contributed by atoms with Crippen LogP contribution >= 0.6 is 0 Å². The molecule has 15 heavy (non-hydrogen) atoms. The van der Waals surface area contributed by atoms with Gasteiger partial charge in [0.25, 0.3) is 10.2 Å². The summed E-state index contributed by atoms with van der Waals surface area (Å²) < 4.78 is 24.1. The zero-order valence-electron chi connectivity index (χ0n) is 7.84. The predicted octanol–water partition coefficient (Wildman–Crippen LogP) is 1.46. The number of rotatable bonds is 2. The molecule has 0 heterocycles. The van der Waals surface area contributed by atoms with Gasteiger partial charge in [0.05, 0.1) is 5.69 Å². The third-order valence-electron chi connectivity index (χ3n) is 2.04. The fourth-order valence-electron chi connectivity index (χ4n) is 1.47. The number of fused-ring (bicyclic) bond motifs is 1. The maximum absolute atomic E-state index is 10.9. The van der Waals surface area contributed by atoms with Gasteiger partial charge in [-0.2, -0.15) is 8.42 Å². The number of hydrogen-bond donors (Lipinski definition) is 2. The smallest absolute Gasteiger partial charge is 0.271 e. The molecule has 0 aliphatic carbocycles. The van der Waals surface area contributed by atoms with Crippen LogP contribution in [0.25, 0.3) is 10.8 Å². The van der Waals surface area contributed by atoms with Crippen molar-refractivity contribution in [1.82, 2.24) is 0 Å². The molecule has 0 atom stereocenters. The van der Waals surface area contributed by atoms with E-state index in [1.165, 1.54) is 0 Å². The summed E-state index contributed by atoms with van der Waals surface area (Å²) in [6.07, 6.45) is 0. The molecule has 0 aliphatic rings. The molecule has 2 aromatic rings. The molecule has 2 rings (SSSR count). The molecule has 0 unspecified atom stereocenters. The van der Waals surface area contributed by atoms with Crippen molar-refractivity contribution in [2.24, 2.45) is 5.14 Å². The highest BCUT2D eigenvalue weighted by atomic mass is 32.2. The van der Waals surface area contributed by atoms with Crippen LogP contribution in [0.1, 0.15) is 0 Å². The summed E-state index contributed by atoms with van der Waals surface area (Å²) in [4.78, 5) is 0. The van der Waals surface area contributed by atoms with E-state index in [2.05, 4.69) is 4.72 Å². The van der Waals surface area contributed by atoms with Gasteiger partial charge in [0, 0.05) is 5.39 Å². The fraction of sp³-hybridized carbons (Fsp3) is 0. The largest absolute Gasteiger partial charge is 0.296 e. The molecule has 5 heteroatoms. The van der Waals surface area contributed by atoms with Crippen molar-refractivity contribution in [3.05, 3.63) is 42.5 Å². The Hall–Kier alpha value is -1.59. The normalized spacial score (nSPS) is 11.5. The average Bonchev–Trinajstić information content (AvgIpc) is 2.16. The lowest BCUT2D eigenvalue weighted by atomic mass is 10.1. The van der Waals surface area contributed by atoms with Crippen molar-refractivity contribution in [2.45, 2.75) is 0 Å². The van der Waals surface area contributed by atoms with Gasteiger partial charge < -0.3 is 0 Å². The summed E-state index contributed by atoms with van der Waals surface area (Å²) in [5.74, 6) is 0. The van der Waals surface area contributed by atoms with Gasteiger partial charge in [0.1, 0.15) is 0 Å². The first-order valence-electron chi connectivity index (χ1n) is 4.34. The first-order chi connectivity index (χ1) is 7.06. The quantitative estimate of drug-likeness (QED) is 0.807. The Kier molecular flexibility index (Phi) is 2.34. The molecule has 2 aromatic carbocycles. The summed E-state index contributed by atoms with van der Waals surface area (Å²) in [7, 11) is -3.72. The lowest BCUT2D eigenvalue weighted by Crippen LogP contribution is -2.21. The van der Waals surface area contributed by atoms with Crippen LogP contribution in [0.4, 0.5) is 5.69 Å². The van der Waals surface area contributed by atoms with Crippen LogP contribution in [0.3, 0.4) is 0 Å². The van der Waals surface area contributed by atoms with E-state index in [1.807, 2.05) is 30.3 Å². The number of nitrogens with one attached hydrogen (secondary N) is 1. The molecule has 0 amide bonds. The lowest BCUT2D eigenvalue weighted by molar-refractivity contribution is 0.603. The number of benzene rings is 2. The lowest BCUT2D eigenvalue weighted by Gasteiger charge is -2.06. The Labute approximate surface area is 87.9 Å². The summed E-state index contributed by atoms with van der Waals surface area (Å²) in [5, 5.41) is 6.71. The topological polar surface area (TPSA) is 72.2 Å². The fourth-order valence-corrected chi connectivity index (χ4v) is 1.95. The van der Waals surface area contributed by atoms with Gasteiger partial charge in [-0.25, -0.2) is 5.14 Å². The molecule has 0 bridgehead atoms. The van der Waals surface area contributed by atoms with Crippen molar-refractivity contribution in [2.75, 3.05) is 4.72 Å². The van der Waals surface area contributed by atoms with E-state index < -0.39 is 10.2 Å². The van der Waals surface area contributed by atoms with Gasteiger partial charge in [-0.15, -0.1) is 0 Å². The zero-order chi connectivity index (χ0) is 10.9. The Morgan fingerprint density at radius 1 is 1.00 bits per heavy atom. The Balaban J connectivity index is 2.61. The Morgan fingerprint density at radius 3 is 2.40 bits per heavy atom. The van der Waals surface area contributed by atoms with E-state index in [9.17, 15) is 8.42 Å². The van der Waals surface area contributed by atoms with Crippen molar-refractivity contribution in [3.8, 4) is 0 Å². The van der Waals surface area contributed by atoms with Crippen molar-refractivity contribution >= 4 is 26.7 Å². The maximum atomic E-state index is 10.9. The van der Waals surface area contributed by atoms with Gasteiger partial charge >= 0.3 is 0 Å². The summed E-state index contributed by atoms with van der Waals surface area (Å²) >= 11 is 0. The Bertz CT molecular complexity index is 588. The van der Waals surface area contributed by atoms with E-state index >= 15 is 0 Å². The molecule has 0 aromatic heterocycles. The molecule has 0 aliphatic heterocycles. The second-order valence-corrected chi connectivity index (χ2v) is 4.47. The molecule has 78 valence electrons. The van der Waals surface area contributed by atoms with Crippen molar-refractivity contribution in [1.29, 1.82) is 0 Å². The summed E-state index contributed by atoms with van der Waals surface area (Å²) in [6.45, 7) is 0. The number of nitrogens with two attached hydrogens (primary N) is 1. The van der Waals surface area contributed by atoms with E-state index in [-0.39, 0.29) is 0 Å². The third-order valence-corrected chi connectivity index (χ3v) is 2.55. The molecule has 0 spiro atoms. The van der Waals surface area contributed by atoms with E-state index in [0.717, 1.165) is 10.8 Å². The monoisotopic (exact) mass is 222 g/mol. The molecular weight excluding hydrogens is 212 g/mol. The van der Waals surface area contributed by atoms with Crippen LogP contribution in [0.2, 0.25) is 0 Å². The van der Waals surface area contributed by atoms with E-state index in [1.54, 1.807) is 12.1 Å². The minimum atomic E-state index is -3.72. The van der Waals surface area contributed by atoms with Crippen LogP contribution in [-0.2, 0) is 10.2 Å². The molecule has 4 nitrogen and oxygen atoms in total. The minimum absolute atomic E-state index is 0.496. The molecule has 0 fully saturated rings. The minimum Gasteiger partial charge on any atom is -0.271 e. The van der Waals surface area contributed by atoms with Crippen LogP contribution < -0.4 is 9.86 Å². The second-order valence-electron chi connectivity index (χ2n) is 3.17. The van der Waals surface area contributed by atoms with Crippen LogP contribution in [0.5, 0.6) is 0 Å². The van der Waals surface area contributed by atoms with Crippen LogP contribution in [0.15, 0.2) is 42.5 Å². The Morgan fingerprint density at radius 2 is 1.67 bits per heavy atom. The SMILES string of the molecule is NS(=O)(=O)Nc1cccc2ccccc12. The zero-order valence-corrected chi connectivity index (χ0v) is 8.66. The second kappa shape index (κ2) is 3.52. The molecule has 0 saturated heterocycles. The van der Waals surface area contributed by atoms with Gasteiger partial charge in [0.15, 0.2) is 0 Å². The molecule has 0 saturated carbocycles. The highest BCUT2D eigenvalue weighted by molar-refractivity contribution is 7.90. The third kappa shape index (κ3) is 2.26. The number of anilines is 1. The van der Waals surface area contributed by atoms with E-state index in [4.69, 9.17) is 5.14 Å².